The number of para-hydroxylation sites is 1. The number of furan rings is 1. The minimum Gasteiger partial charge on any atom is -0.493 e. The van der Waals surface area contributed by atoms with Crippen molar-refractivity contribution in [3.63, 3.8) is 0 Å². The van der Waals surface area contributed by atoms with E-state index in [1.165, 1.54) is 0 Å². The van der Waals surface area contributed by atoms with Crippen molar-refractivity contribution < 1.29 is 18.7 Å². The van der Waals surface area contributed by atoms with Gasteiger partial charge >= 0.3 is 6.09 Å². The summed E-state index contributed by atoms with van der Waals surface area (Å²) < 4.78 is 15.5. The van der Waals surface area contributed by atoms with Crippen molar-refractivity contribution in [2.24, 2.45) is 5.73 Å². The highest BCUT2D eigenvalue weighted by molar-refractivity contribution is 5.83. The standard InChI is InChI=1S/C13H16N2O4/c1-17-11-4-2-3-9-7-10(19-12(9)11)8-15-5-6-18-13(14)16/h2-4,7,15H,5-6,8H2,1H3,(H2,14,16). The summed E-state index contributed by atoms with van der Waals surface area (Å²) in [5.41, 5.74) is 5.58. The summed E-state index contributed by atoms with van der Waals surface area (Å²) in [6, 6.07) is 7.67. The molecular weight excluding hydrogens is 248 g/mol. The van der Waals surface area contributed by atoms with E-state index in [1.54, 1.807) is 7.11 Å². The SMILES string of the molecule is COc1cccc2cc(CNCCOC(N)=O)oc12. The summed E-state index contributed by atoms with van der Waals surface area (Å²) >= 11 is 0. The molecule has 0 bridgehead atoms. The molecule has 19 heavy (non-hydrogen) atoms. The van der Waals surface area contributed by atoms with Gasteiger partial charge in [-0.1, -0.05) is 12.1 Å². The van der Waals surface area contributed by atoms with Gasteiger partial charge in [0.25, 0.3) is 0 Å². The molecule has 6 nitrogen and oxygen atoms in total. The number of carbonyl (C=O) groups excluding carboxylic acids is 1. The highest BCUT2D eigenvalue weighted by Gasteiger charge is 2.07. The number of nitrogens with two attached hydrogens (primary N) is 1. The lowest BCUT2D eigenvalue weighted by molar-refractivity contribution is 0.157. The topological polar surface area (TPSA) is 86.7 Å². The Morgan fingerprint density at radius 1 is 1.47 bits per heavy atom. The van der Waals surface area contributed by atoms with Gasteiger partial charge in [-0.25, -0.2) is 4.79 Å². The molecule has 3 N–H and O–H groups in total. The maximum atomic E-state index is 10.4. The smallest absolute Gasteiger partial charge is 0.404 e. The average molecular weight is 264 g/mol. The van der Waals surface area contributed by atoms with E-state index in [1.807, 2.05) is 24.3 Å². The van der Waals surface area contributed by atoms with E-state index < -0.39 is 6.09 Å². The number of benzene rings is 1. The predicted molar refractivity (Wildman–Crippen MR) is 70.0 cm³/mol. The van der Waals surface area contributed by atoms with Crippen LogP contribution in [0.2, 0.25) is 0 Å². The minimum atomic E-state index is -0.768. The zero-order valence-electron chi connectivity index (χ0n) is 10.6. The van der Waals surface area contributed by atoms with Gasteiger partial charge in [-0.05, 0) is 12.1 Å². The van der Waals surface area contributed by atoms with Crippen LogP contribution in [0.1, 0.15) is 5.76 Å². The average Bonchev–Trinajstić information content (AvgIpc) is 2.80. The summed E-state index contributed by atoms with van der Waals surface area (Å²) in [5, 5.41) is 4.08. The van der Waals surface area contributed by atoms with Crippen LogP contribution in [0.15, 0.2) is 28.7 Å². The Labute approximate surface area is 110 Å². The lowest BCUT2D eigenvalue weighted by Gasteiger charge is -2.02. The van der Waals surface area contributed by atoms with Crippen LogP contribution in [0.5, 0.6) is 5.75 Å². The van der Waals surface area contributed by atoms with Gasteiger partial charge in [-0.15, -0.1) is 0 Å². The third kappa shape index (κ3) is 3.38. The first-order chi connectivity index (χ1) is 9.20. The van der Waals surface area contributed by atoms with E-state index in [0.717, 1.165) is 16.7 Å². The Hall–Kier alpha value is -2.21. The first-order valence-electron chi connectivity index (χ1n) is 5.89. The Morgan fingerprint density at radius 3 is 3.05 bits per heavy atom. The Kier molecular flexibility index (Phi) is 4.25. The molecule has 0 atom stereocenters. The third-order valence-electron chi connectivity index (χ3n) is 2.60. The van der Waals surface area contributed by atoms with Gasteiger partial charge in [0.1, 0.15) is 12.4 Å². The molecule has 1 aromatic heterocycles. The first kappa shape index (κ1) is 13.2. The van der Waals surface area contributed by atoms with Crippen molar-refractivity contribution in [1.29, 1.82) is 0 Å². The molecule has 0 saturated heterocycles. The summed E-state index contributed by atoms with van der Waals surface area (Å²) in [6.07, 6.45) is -0.768. The first-order valence-corrected chi connectivity index (χ1v) is 5.89. The lowest BCUT2D eigenvalue weighted by Crippen LogP contribution is -2.23. The molecule has 1 amide bonds. The van der Waals surface area contributed by atoms with E-state index in [-0.39, 0.29) is 6.61 Å². The lowest BCUT2D eigenvalue weighted by atomic mass is 10.2. The molecule has 2 aromatic rings. The number of fused-ring (bicyclic) bond motifs is 1. The van der Waals surface area contributed by atoms with Crippen LogP contribution in [0.3, 0.4) is 0 Å². The molecule has 0 unspecified atom stereocenters. The number of hydrogen-bond donors (Lipinski definition) is 2. The van der Waals surface area contributed by atoms with Crippen molar-refractivity contribution in [1.82, 2.24) is 5.32 Å². The Bertz CT molecular complexity index is 565. The van der Waals surface area contributed by atoms with E-state index in [4.69, 9.17) is 14.9 Å². The van der Waals surface area contributed by atoms with Gasteiger partial charge in [0.05, 0.1) is 13.7 Å². The van der Waals surface area contributed by atoms with Gasteiger partial charge in [0.2, 0.25) is 0 Å². The van der Waals surface area contributed by atoms with E-state index in [9.17, 15) is 4.79 Å². The normalized spacial score (nSPS) is 10.6. The monoisotopic (exact) mass is 264 g/mol. The molecule has 0 spiro atoms. The summed E-state index contributed by atoms with van der Waals surface area (Å²) in [7, 11) is 1.61. The van der Waals surface area contributed by atoms with Crippen LogP contribution in [0.4, 0.5) is 4.79 Å². The molecule has 102 valence electrons. The maximum absolute atomic E-state index is 10.4. The van der Waals surface area contributed by atoms with Crippen LogP contribution in [-0.4, -0.2) is 26.4 Å². The molecule has 0 aliphatic heterocycles. The molecule has 1 heterocycles. The van der Waals surface area contributed by atoms with Gasteiger partial charge < -0.3 is 24.9 Å². The molecule has 0 saturated carbocycles. The van der Waals surface area contributed by atoms with Crippen molar-refractivity contribution in [2.75, 3.05) is 20.3 Å². The van der Waals surface area contributed by atoms with Gasteiger partial charge in [-0.3, -0.25) is 0 Å². The summed E-state index contributed by atoms with van der Waals surface area (Å²) in [5.74, 6) is 1.50. The second-order valence-corrected chi connectivity index (χ2v) is 3.94. The number of amides is 1. The second kappa shape index (κ2) is 6.10. The van der Waals surface area contributed by atoms with Gasteiger partial charge in [-0.2, -0.15) is 0 Å². The fourth-order valence-electron chi connectivity index (χ4n) is 1.77. The third-order valence-corrected chi connectivity index (χ3v) is 2.60. The van der Waals surface area contributed by atoms with Crippen molar-refractivity contribution in [2.45, 2.75) is 6.54 Å². The molecule has 0 aliphatic carbocycles. The van der Waals surface area contributed by atoms with E-state index in [0.29, 0.717) is 18.8 Å². The molecule has 2 rings (SSSR count). The predicted octanol–water partition coefficient (Wildman–Crippen LogP) is 1.63. The number of nitrogens with one attached hydrogen (secondary N) is 1. The highest BCUT2D eigenvalue weighted by Crippen LogP contribution is 2.28. The Balaban J connectivity index is 1.92. The molecular formula is C13H16N2O4. The fraction of sp³-hybridized carbons (Fsp3) is 0.308. The summed E-state index contributed by atoms with van der Waals surface area (Å²) in [6.45, 7) is 1.29. The molecule has 0 aliphatic rings. The highest BCUT2D eigenvalue weighted by atomic mass is 16.5. The molecule has 0 fully saturated rings. The number of rotatable bonds is 6. The molecule has 1 aromatic carbocycles. The van der Waals surface area contributed by atoms with Crippen molar-refractivity contribution in [3.05, 3.63) is 30.0 Å². The van der Waals surface area contributed by atoms with E-state index >= 15 is 0 Å². The van der Waals surface area contributed by atoms with Crippen LogP contribution < -0.4 is 15.8 Å². The minimum absolute atomic E-state index is 0.235. The summed E-state index contributed by atoms with van der Waals surface area (Å²) in [4.78, 5) is 10.4. The van der Waals surface area contributed by atoms with Crippen LogP contribution >= 0.6 is 0 Å². The number of carbonyl (C=O) groups is 1. The van der Waals surface area contributed by atoms with Gasteiger partial charge in [0, 0.05) is 11.9 Å². The number of primary amides is 1. The quantitative estimate of drug-likeness (QED) is 0.774. The maximum Gasteiger partial charge on any atom is 0.404 e. The zero-order chi connectivity index (χ0) is 13.7. The van der Waals surface area contributed by atoms with Gasteiger partial charge in [0.15, 0.2) is 11.3 Å². The van der Waals surface area contributed by atoms with Crippen LogP contribution in [-0.2, 0) is 11.3 Å². The number of ether oxygens (including phenoxy) is 2. The zero-order valence-corrected chi connectivity index (χ0v) is 10.6. The van der Waals surface area contributed by atoms with Crippen LogP contribution in [0, 0.1) is 0 Å². The number of methoxy groups -OCH3 is 1. The van der Waals surface area contributed by atoms with E-state index in [2.05, 4.69) is 10.1 Å². The van der Waals surface area contributed by atoms with Crippen molar-refractivity contribution >= 4 is 17.1 Å². The van der Waals surface area contributed by atoms with Crippen LogP contribution in [0.25, 0.3) is 11.0 Å². The Morgan fingerprint density at radius 2 is 2.32 bits per heavy atom. The molecule has 6 heteroatoms. The fourth-order valence-corrected chi connectivity index (χ4v) is 1.77. The van der Waals surface area contributed by atoms with Crippen molar-refractivity contribution in [3.8, 4) is 5.75 Å². The second-order valence-electron chi connectivity index (χ2n) is 3.94. The largest absolute Gasteiger partial charge is 0.493 e. The number of hydrogen-bond acceptors (Lipinski definition) is 5. The molecule has 0 radical (unpaired) electrons.